The van der Waals surface area contributed by atoms with Crippen molar-refractivity contribution in [3.8, 4) is 0 Å². The molecule has 0 aliphatic heterocycles. The maximum absolute atomic E-state index is 12.9. The van der Waals surface area contributed by atoms with Gasteiger partial charge in [0.05, 0.1) is 17.2 Å². The zero-order valence-electron chi connectivity index (χ0n) is 16.3. The van der Waals surface area contributed by atoms with E-state index in [1.165, 1.54) is 18.4 Å². The van der Waals surface area contributed by atoms with Gasteiger partial charge in [-0.05, 0) is 30.7 Å². The van der Waals surface area contributed by atoms with Crippen molar-refractivity contribution in [3.05, 3.63) is 64.6 Å². The number of hydrazine groups is 1. The fraction of sp³-hybridized carbons (Fsp3) is 0.250. The molecule has 10 heteroatoms. The number of rotatable bonds is 6. The normalized spacial score (nSPS) is 10.6. The second kappa shape index (κ2) is 9.50. The number of hydrogen-bond donors (Lipinski definition) is 3. The van der Waals surface area contributed by atoms with Crippen LogP contribution < -0.4 is 21.8 Å². The first kappa shape index (κ1) is 20.8. The first-order valence-electron chi connectivity index (χ1n) is 9.47. The molecular formula is C20H21N5O5. The Morgan fingerprint density at radius 3 is 2.57 bits per heavy atom. The number of aromatic nitrogens is 2. The number of unbranched alkanes of at least 4 members (excludes halogenated alkanes) is 2. The number of nitrogens with one attached hydrogen (secondary N) is 3. The molecule has 0 saturated heterocycles. The van der Waals surface area contributed by atoms with Gasteiger partial charge in [-0.15, -0.1) is 0 Å². The predicted molar refractivity (Wildman–Crippen MR) is 108 cm³/mol. The lowest BCUT2D eigenvalue weighted by molar-refractivity contribution is -0.137. The van der Waals surface area contributed by atoms with Crippen LogP contribution in [0, 0.1) is 0 Å². The van der Waals surface area contributed by atoms with Crippen molar-refractivity contribution >= 4 is 28.6 Å². The molecule has 3 N–H and O–H groups in total. The van der Waals surface area contributed by atoms with Crippen molar-refractivity contribution in [2.24, 2.45) is 0 Å². The van der Waals surface area contributed by atoms with Gasteiger partial charge in [0.15, 0.2) is 5.76 Å². The topological polar surface area (TPSA) is 135 Å². The SMILES string of the molecule is CCCCCc1nc2ccccc2c(=O)n1NC(=O)C(=O)NNC(=O)c1ccco1. The summed E-state index contributed by atoms with van der Waals surface area (Å²) >= 11 is 0. The molecule has 0 bridgehead atoms. The van der Waals surface area contributed by atoms with Crippen LogP contribution in [0.25, 0.3) is 10.9 Å². The molecule has 30 heavy (non-hydrogen) atoms. The average Bonchev–Trinajstić information content (AvgIpc) is 3.29. The third kappa shape index (κ3) is 4.72. The number of carbonyl (C=O) groups is 3. The number of carbonyl (C=O) groups excluding carboxylic acids is 3. The zero-order valence-corrected chi connectivity index (χ0v) is 16.3. The summed E-state index contributed by atoms with van der Waals surface area (Å²) in [6.45, 7) is 2.05. The van der Waals surface area contributed by atoms with E-state index in [4.69, 9.17) is 4.42 Å². The van der Waals surface area contributed by atoms with Gasteiger partial charge in [-0.25, -0.2) is 9.66 Å². The van der Waals surface area contributed by atoms with Gasteiger partial charge in [0.2, 0.25) is 0 Å². The summed E-state index contributed by atoms with van der Waals surface area (Å²) < 4.78 is 5.87. The van der Waals surface area contributed by atoms with Gasteiger partial charge in [-0.3, -0.25) is 35.5 Å². The molecule has 3 amide bonds. The molecule has 3 aromatic rings. The Morgan fingerprint density at radius 2 is 1.83 bits per heavy atom. The summed E-state index contributed by atoms with van der Waals surface area (Å²) in [5.74, 6) is -2.72. The molecule has 10 nitrogen and oxygen atoms in total. The van der Waals surface area contributed by atoms with Gasteiger partial charge >= 0.3 is 17.7 Å². The monoisotopic (exact) mass is 411 g/mol. The van der Waals surface area contributed by atoms with Crippen LogP contribution in [-0.2, 0) is 16.0 Å². The fourth-order valence-electron chi connectivity index (χ4n) is 2.79. The first-order valence-corrected chi connectivity index (χ1v) is 9.47. The van der Waals surface area contributed by atoms with E-state index in [2.05, 4.69) is 15.8 Å². The van der Waals surface area contributed by atoms with Gasteiger partial charge in [0.25, 0.3) is 5.56 Å². The van der Waals surface area contributed by atoms with E-state index < -0.39 is 23.3 Å². The number of aryl methyl sites for hydroxylation is 1. The summed E-state index contributed by atoms with van der Waals surface area (Å²) in [7, 11) is 0. The molecule has 0 atom stereocenters. The van der Waals surface area contributed by atoms with Crippen LogP contribution in [0.3, 0.4) is 0 Å². The summed E-state index contributed by atoms with van der Waals surface area (Å²) in [6, 6.07) is 9.65. The van der Waals surface area contributed by atoms with Crippen molar-refractivity contribution in [3.63, 3.8) is 0 Å². The molecular weight excluding hydrogens is 390 g/mol. The highest BCUT2D eigenvalue weighted by Crippen LogP contribution is 2.10. The minimum atomic E-state index is -1.16. The lowest BCUT2D eigenvalue weighted by Gasteiger charge is -2.14. The molecule has 2 aromatic heterocycles. The lowest BCUT2D eigenvalue weighted by Crippen LogP contribution is -2.49. The third-order valence-electron chi connectivity index (χ3n) is 4.30. The molecule has 3 rings (SSSR count). The van der Waals surface area contributed by atoms with E-state index in [-0.39, 0.29) is 5.76 Å². The van der Waals surface area contributed by atoms with Crippen LogP contribution in [0.5, 0.6) is 0 Å². The van der Waals surface area contributed by atoms with Crippen LogP contribution in [0.15, 0.2) is 51.9 Å². The van der Waals surface area contributed by atoms with Gasteiger partial charge in [0.1, 0.15) is 5.82 Å². The smallest absolute Gasteiger partial charge is 0.330 e. The van der Waals surface area contributed by atoms with Crippen molar-refractivity contribution in [2.75, 3.05) is 5.43 Å². The highest BCUT2D eigenvalue weighted by atomic mass is 16.3. The quantitative estimate of drug-likeness (QED) is 0.317. The summed E-state index contributed by atoms with van der Waals surface area (Å²) in [5.41, 5.74) is 6.32. The Balaban J connectivity index is 1.77. The van der Waals surface area contributed by atoms with E-state index in [9.17, 15) is 19.2 Å². The van der Waals surface area contributed by atoms with E-state index in [1.807, 2.05) is 12.3 Å². The van der Waals surface area contributed by atoms with E-state index in [1.54, 1.807) is 24.3 Å². The van der Waals surface area contributed by atoms with Crippen molar-refractivity contribution in [1.82, 2.24) is 20.5 Å². The molecule has 0 aliphatic rings. The molecule has 0 radical (unpaired) electrons. The van der Waals surface area contributed by atoms with Crippen LogP contribution in [-0.4, -0.2) is 27.4 Å². The molecule has 156 valence electrons. The molecule has 0 aliphatic carbocycles. The Morgan fingerprint density at radius 1 is 1.03 bits per heavy atom. The maximum atomic E-state index is 12.9. The second-order valence-electron chi connectivity index (χ2n) is 6.47. The molecule has 1 aromatic carbocycles. The van der Waals surface area contributed by atoms with Crippen LogP contribution >= 0.6 is 0 Å². The highest BCUT2D eigenvalue weighted by Gasteiger charge is 2.19. The number of furan rings is 1. The van der Waals surface area contributed by atoms with Crippen LogP contribution in [0.4, 0.5) is 0 Å². The minimum absolute atomic E-state index is 0.0381. The average molecular weight is 411 g/mol. The summed E-state index contributed by atoms with van der Waals surface area (Å²) in [4.78, 5) is 53.5. The minimum Gasteiger partial charge on any atom is -0.459 e. The van der Waals surface area contributed by atoms with Gasteiger partial charge in [-0.2, -0.15) is 0 Å². The number of hydrogen-bond acceptors (Lipinski definition) is 6. The van der Waals surface area contributed by atoms with Crippen molar-refractivity contribution in [2.45, 2.75) is 32.6 Å². The number of benzene rings is 1. The summed E-state index contributed by atoms with van der Waals surface area (Å²) in [5, 5.41) is 0.309. The highest BCUT2D eigenvalue weighted by molar-refractivity contribution is 6.38. The van der Waals surface area contributed by atoms with Crippen LogP contribution in [0.2, 0.25) is 0 Å². The maximum Gasteiger partial charge on any atom is 0.330 e. The van der Waals surface area contributed by atoms with Crippen molar-refractivity contribution < 1.29 is 18.8 Å². The lowest BCUT2D eigenvalue weighted by atomic mass is 10.2. The predicted octanol–water partition coefficient (Wildman–Crippen LogP) is 1.25. The Kier molecular flexibility index (Phi) is 6.58. The zero-order chi connectivity index (χ0) is 21.5. The number of nitrogens with zero attached hydrogens (tertiary/aromatic N) is 2. The molecule has 0 spiro atoms. The molecule has 0 saturated carbocycles. The van der Waals surface area contributed by atoms with Gasteiger partial charge < -0.3 is 4.42 Å². The van der Waals surface area contributed by atoms with Crippen molar-refractivity contribution in [1.29, 1.82) is 0 Å². The number of amides is 3. The third-order valence-corrected chi connectivity index (χ3v) is 4.30. The second-order valence-corrected chi connectivity index (χ2v) is 6.47. The van der Waals surface area contributed by atoms with Crippen LogP contribution in [0.1, 0.15) is 42.6 Å². The summed E-state index contributed by atoms with van der Waals surface area (Å²) in [6.07, 6.45) is 4.41. The number of para-hydroxylation sites is 1. The molecule has 2 heterocycles. The first-order chi connectivity index (χ1) is 14.5. The molecule has 0 unspecified atom stereocenters. The Labute approximate surface area is 171 Å². The largest absolute Gasteiger partial charge is 0.459 e. The van der Waals surface area contributed by atoms with Gasteiger partial charge in [-0.1, -0.05) is 31.9 Å². The van der Waals surface area contributed by atoms with E-state index >= 15 is 0 Å². The molecule has 0 fully saturated rings. The van der Waals surface area contributed by atoms with Gasteiger partial charge in [0, 0.05) is 6.42 Å². The fourth-order valence-corrected chi connectivity index (χ4v) is 2.79. The van der Waals surface area contributed by atoms with E-state index in [0.717, 1.165) is 23.9 Å². The number of fused-ring (bicyclic) bond motifs is 1. The Bertz CT molecular complexity index is 1120. The standard InChI is InChI=1S/C20H21N5O5/c1-2-3-4-11-16-21-14-9-6-5-8-13(14)20(29)25(16)24-19(28)18(27)23-22-17(26)15-10-7-12-30-15/h5-10,12H,2-4,11H2,1H3,(H,22,26)(H,23,27)(H,24,28). The van der Waals surface area contributed by atoms with E-state index in [0.29, 0.717) is 23.1 Å². The Hall–Kier alpha value is -3.95.